The number of aromatic nitrogens is 3. The molecule has 0 saturated carbocycles. The lowest BCUT2D eigenvalue weighted by Gasteiger charge is -2.14. The molecule has 4 aromatic rings. The van der Waals surface area contributed by atoms with Crippen LogP contribution in [0.2, 0.25) is 0 Å². The Balaban J connectivity index is 1.57. The maximum absolute atomic E-state index is 12.8. The van der Waals surface area contributed by atoms with Crippen LogP contribution in [0.5, 0.6) is 5.75 Å². The van der Waals surface area contributed by atoms with Crippen molar-refractivity contribution in [3.05, 3.63) is 89.0 Å². The van der Waals surface area contributed by atoms with E-state index in [4.69, 9.17) is 9.72 Å². The molecule has 0 aliphatic rings. The summed E-state index contributed by atoms with van der Waals surface area (Å²) in [4.78, 5) is 28.0. The van der Waals surface area contributed by atoms with E-state index in [2.05, 4.69) is 15.5 Å². The van der Waals surface area contributed by atoms with Gasteiger partial charge in [0.25, 0.3) is 5.69 Å². The van der Waals surface area contributed by atoms with Gasteiger partial charge >= 0.3 is 0 Å². The van der Waals surface area contributed by atoms with Gasteiger partial charge in [0, 0.05) is 17.2 Å². The summed E-state index contributed by atoms with van der Waals surface area (Å²) in [6, 6.07) is 23.3. The van der Waals surface area contributed by atoms with Crippen LogP contribution in [0.15, 0.2) is 84.0 Å². The Hall–Kier alpha value is -4.31. The number of nitrogens with zero attached hydrogens (tertiary/aromatic N) is 4. The summed E-state index contributed by atoms with van der Waals surface area (Å²) in [5.41, 5.74) is 3.29. The second-order valence-corrected chi connectivity index (χ2v) is 8.72. The van der Waals surface area contributed by atoms with Gasteiger partial charge in [-0.25, -0.2) is 4.98 Å². The lowest BCUT2D eigenvalue weighted by molar-refractivity contribution is -0.384. The number of nitrogens with one attached hydrogen (secondary N) is 1. The third kappa shape index (κ3) is 5.61. The Labute approximate surface area is 205 Å². The first-order valence-electron chi connectivity index (χ1n) is 10.6. The second-order valence-electron chi connectivity index (χ2n) is 7.41. The Morgan fingerprint density at radius 1 is 0.971 bits per heavy atom. The van der Waals surface area contributed by atoms with Crippen LogP contribution in [0.1, 0.15) is 6.92 Å². The van der Waals surface area contributed by atoms with Crippen LogP contribution in [0, 0.1) is 10.1 Å². The molecule has 9 nitrogen and oxygen atoms in total. The molecule has 0 bridgehead atoms. The van der Waals surface area contributed by atoms with Gasteiger partial charge in [-0.1, -0.05) is 72.4 Å². The third-order valence-electron chi connectivity index (χ3n) is 5.07. The molecular weight excluding hydrogens is 466 g/mol. The minimum absolute atomic E-state index is 0.131. The van der Waals surface area contributed by atoms with E-state index in [9.17, 15) is 14.9 Å². The smallest absolute Gasteiger partial charge is 0.273 e. The van der Waals surface area contributed by atoms with E-state index in [1.54, 1.807) is 6.92 Å². The molecule has 1 atom stereocenters. The number of nitro groups is 1. The van der Waals surface area contributed by atoms with Crippen molar-refractivity contribution in [3.8, 4) is 28.3 Å². The van der Waals surface area contributed by atoms with Gasteiger partial charge < -0.3 is 10.1 Å². The molecule has 1 aromatic heterocycles. The van der Waals surface area contributed by atoms with E-state index >= 15 is 0 Å². The molecule has 1 amide bonds. The lowest BCUT2D eigenvalue weighted by atomic mass is 10.0. The van der Waals surface area contributed by atoms with E-state index in [0.29, 0.717) is 22.2 Å². The molecule has 10 heteroatoms. The second kappa shape index (κ2) is 10.7. The van der Waals surface area contributed by atoms with Crippen molar-refractivity contribution in [2.24, 2.45) is 0 Å². The fraction of sp³-hybridized carbons (Fsp3) is 0.120. The molecule has 1 N–H and O–H groups in total. The normalized spacial score (nSPS) is 11.5. The van der Waals surface area contributed by atoms with Gasteiger partial charge in [0.05, 0.1) is 29.0 Å². The van der Waals surface area contributed by atoms with E-state index in [1.807, 2.05) is 60.7 Å². The zero-order valence-electron chi connectivity index (χ0n) is 18.9. The zero-order valence-corrected chi connectivity index (χ0v) is 19.7. The molecule has 0 fully saturated rings. The zero-order chi connectivity index (χ0) is 24.8. The maximum atomic E-state index is 12.8. The highest BCUT2D eigenvalue weighted by Gasteiger charge is 2.21. The number of hydrogen-bond acceptors (Lipinski definition) is 8. The maximum Gasteiger partial charge on any atom is 0.273 e. The largest absolute Gasteiger partial charge is 0.494 e. The fourth-order valence-electron chi connectivity index (χ4n) is 3.29. The molecule has 3 aromatic carbocycles. The van der Waals surface area contributed by atoms with Crippen LogP contribution >= 0.6 is 11.8 Å². The van der Waals surface area contributed by atoms with Crippen LogP contribution < -0.4 is 10.1 Å². The molecule has 1 heterocycles. The van der Waals surface area contributed by atoms with Crippen LogP contribution in [0.25, 0.3) is 22.5 Å². The summed E-state index contributed by atoms with van der Waals surface area (Å²) < 4.78 is 5.19. The Kier molecular flexibility index (Phi) is 7.32. The summed E-state index contributed by atoms with van der Waals surface area (Å²) in [6.07, 6.45) is 0. The molecule has 35 heavy (non-hydrogen) atoms. The molecular formula is C25H21N5O4S. The van der Waals surface area contributed by atoms with Crippen LogP contribution in [0.4, 0.5) is 11.4 Å². The standard InChI is InChI=1S/C25H21N5O4S/c1-16(24(31)26-20-14-13-19(30(32)33)15-21(20)34-2)35-25-27-22(17-9-5-3-6-10-17)23(28-29-25)18-11-7-4-8-12-18/h3-16H,1-2H3,(H,26,31)/t16-/m1/s1. The highest BCUT2D eigenvalue weighted by Crippen LogP contribution is 2.32. The summed E-state index contributed by atoms with van der Waals surface area (Å²) in [7, 11) is 1.38. The van der Waals surface area contributed by atoms with Crippen LogP contribution in [0.3, 0.4) is 0 Å². The number of methoxy groups -OCH3 is 1. The molecule has 0 radical (unpaired) electrons. The van der Waals surface area contributed by atoms with Gasteiger partial charge in [0.1, 0.15) is 17.1 Å². The summed E-state index contributed by atoms with van der Waals surface area (Å²) in [6.45, 7) is 1.72. The Morgan fingerprint density at radius 3 is 2.20 bits per heavy atom. The van der Waals surface area contributed by atoms with Crippen molar-refractivity contribution < 1.29 is 14.5 Å². The molecule has 0 aliphatic carbocycles. The van der Waals surface area contributed by atoms with Crippen molar-refractivity contribution in [1.29, 1.82) is 0 Å². The first kappa shape index (κ1) is 23.8. The Morgan fingerprint density at radius 2 is 1.60 bits per heavy atom. The molecule has 0 unspecified atom stereocenters. The molecule has 4 rings (SSSR count). The number of benzene rings is 3. The average Bonchev–Trinajstić information content (AvgIpc) is 2.89. The number of amides is 1. The van der Waals surface area contributed by atoms with Crippen molar-refractivity contribution in [3.63, 3.8) is 0 Å². The van der Waals surface area contributed by atoms with E-state index in [1.165, 1.54) is 25.3 Å². The average molecular weight is 488 g/mol. The number of nitro benzene ring substituents is 1. The minimum atomic E-state index is -0.581. The van der Waals surface area contributed by atoms with Gasteiger partial charge in [-0.2, -0.15) is 0 Å². The minimum Gasteiger partial charge on any atom is -0.494 e. The lowest BCUT2D eigenvalue weighted by Crippen LogP contribution is -2.23. The molecule has 0 spiro atoms. The quantitative estimate of drug-likeness (QED) is 0.203. The van der Waals surface area contributed by atoms with Crippen molar-refractivity contribution >= 4 is 29.0 Å². The van der Waals surface area contributed by atoms with E-state index in [-0.39, 0.29) is 17.3 Å². The highest BCUT2D eigenvalue weighted by atomic mass is 32.2. The molecule has 176 valence electrons. The van der Waals surface area contributed by atoms with E-state index in [0.717, 1.165) is 22.9 Å². The van der Waals surface area contributed by atoms with Gasteiger partial charge in [0.15, 0.2) is 0 Å². The molecule has 0 saturated heterocycles. The highest BCUT2D eigenvalue weighted by molar-refractivity contribution is 8.00. The number of carbonyl (C=O) groups excluding carboxylic acids is 1. The summed E-state index contributed by atoms with van der Waals surface area (Å²) in [5.74, 6) is -0.139. The molecule has 0 aliphatic heterocycles. The van der Waals surface area contributed by atoms with Gasteiger partial charge in [0.2, 0.25) is 11.1 Å². The number of hydrogen-bond donors (Lipinski definition) is 1. The summed E-state index contributed by atoms with van der Waals surface area (Å²) >= 11 is 1.16. The SMILES string of the molecule is COc1cc([N+](=O)[O-])ccc1NC(=O)[C@@H](C)Sc1nnc(-c2ccccc2)c(-c2ccccc2)n1. The number of carbonyl (C=O) groups is 1. The number of non-ortho nitro benzene ring substituents is 1. The first-order chi connectivity index (χ1) is 17.0. The van der Waals surface area contributed by atoms with Crippen LogP contribution in [-0.2, 0) is 4.79 Å². The van der Waals surface area contributed by atoms with Gasteiger partial charge in [-0.15, -0.1) is 10.2 Å². The fourth-order valence-corrected chi connectivity index (χ4v) is 4.01. The van der Waals surface area contributed by atoms with E-state index < -0.39 is 10.2 Å². The number of anilines is 1. The number of rotatable bonds is 8. The number of ether oxygens (including phenoxy) is 1. The predicted octanol–water partition coefficient (Wildman–Crippen LogP) is 5.24. The summed E-state index contributed by atoms with van der Waals surface area (Å²) in [5, 5.41) is 22.2. The monoisotopic (exact) mass is 487 g/mol. The first-order valence-corrected chi connectivity index (χ1v) is 11.5. The predicted molar refractivity (Wildman–Crippen MR) is 134 cm³/mol. The number of thioether (sulfide) groups is 1. The Bertz CT molecular complexity index is 1350. The van der Waals surface area contributed by atoms with Gasteiger partial charge in [-0.05, 0) is 13.0 Å². The van der Waals surface area contributed by atoms with Crippen molar-refractivity contribution in [2.45, 2.75) is 17.3 Å². The topological polar surface area (TPSA) is 120 Å². The van der Waals surface area contributed by atoms with Crippen molar-refractivity contribution in [1.82, 2.24) is 15.2 Å². The van der Waals surface area contributed by atoms with Crippen molar-refractivity contribution in [2.75, 3.05) is 12.4 Å². The third-order valence-corrected chi connectivity index (χ3v) is 6.02. The van der Waals surface area contributed by atoms with Gasteiger partial charge in [-0.3, -0.25) is 14.9 Å². The van der Waals surface area contributed by atoms with Crippen LogP contribution in [-0.4, -0.2) is 38.4 Å².